The zero-order chi connectivity index (χ0) is 14.5. The first-order chi connectivity index (χ1) is 9.63. The third kappa shape index (κ3) is 3.40. The van der Waals surface area contributed by atoms with Crippen molar-refractivity contribution in [3.05, 3.63) is 64.7 Å². The molecule has 1 atom stereocenters. The summed E-state index contributed by atoms with van der Waals surface area (Å²) in [6.07, 6.45) is 0.977. The molecule has 106 valence electrons. The van der Waals surface area contributed by atoms with E-state index in [-0.39, 0.29) is 0 Å². The second kappa shape index (κ2) is 6.58. The van der Waals surface area contributed by atoms with Crippen LogP contribution in [-0.4, -0.2) is 14.2 Å². The highest BCUT2D eigenvalue weighted by Gasteiger charge is 2.12. The molecule has 0 radical (unpaired) electrons. The second-order valence-electron chi connectivity index (χ2n) is 5.26. The molecule has 0 aromatic heterocycles. The Kier molecular flexibility index (Phi) is 4.80. The molecule has 2 rings (SSSR count). The Bertz CT molecular complexity index is 577. The lowest BCUT2D eigenvalue weighted by Gasteiger charge is -2.18. The van der Waals surface area contributed by atoms with Crippen LogP contribution in [0.5, 0.6) is 5.75 Å². The monoisotopic (exact) mass is 269 g/mol. The molecule has 2 heteroatoms. The molecule has 2 nitrogen and oxygen atoms in total. The quantitative estimate of drug-likeness (QED) is 0.891. The van der Waals surface area contributed by atoms with Gasteiger partial charge in [-0.05, 0) is 50.1 Å². The maximum Gasteiger partial charge on any atom is 0.122 e. The average Bonchev–Trinajstić information content (AvgIpc) is 2.45. The van der Waals surface area contributed by atoms with Gasteiger partial charge in [0.2, 0.25) is 0 Å². The van der Waals surface area contributed by atoms with Crippen LogP contribution >= 0.6 is 0 Å². The zero-order valence-corrected chi connectivity index (χ0v) is 12.7. The van der Waals surface area contributed by atoms with E-state index in [0.29, 0.717) is 6.04 Å². The summed E-state index contributed by atoms with van der Waals surface area (Å²) in [5.41, 5.74) is 5.08. The summed E-state index contributed by atoms with van der Waals surface area (Å²) < 4.78 is 5.42. The number of ether oxygens (including phenoxy) is 1. The zero-order valence-electron chi connectivity index (χ0n) is 12.7. The number of likely N-dealkylation sites (N-methyl/N-ethyl adjacent to an activating group) is 1. The van der Waals surface area contributed by atoms with Crippen molar-refractivity contribution in [2.24, 2.45) is 0 Å². The third-order valence-electron chi connectivity index (χ3n) is 3.71. The van der Waals surface area contributed by atoms with Crippen molar-refractivity contribution >= 4 is 0 Å². The van der Waals surface area contributed by atoms with Gasteiger partial charge in [-0.3, -0.25) is 0 Å². The fraction of sp³-hybridized carbons (Fsp3) is 0.333. The Morgan fingerprint density at radius 2 is 1.90 bits per heavy atom. The van der Waals surface area contributed by atoms with Crippen LogP contribution in [0.3, 0.4) is 0 Å². The topological polar surface area (TPSA) is 21.3 Å². The van der Waals surface area contributed by atoms with Gasteiger partial charge >= 0.3 is 0 Å². The molecule has 1 unspecified atom stereocenters. The second-order valence-corrected chi connectivity index (χ2v) is 5.26. The van der Waals surface area contributed by atoms with Crippen LogP contribution in [0.25, 0.3) is 0 Å². The molecule has 0 aliphatic heterocycles. The Morgan fingerprint density at radius 1 is 1.10 bits per heavy atom. The lowest BCUT2D eigenvalue weighted by atomic mass is 9.97. The van der Waals surface area contributed by atoms with E-state index in [2.05, 4.69) is 61.6 Å². The van der Waals surface area contributed by atoms with Gasteiger partial charge in [0.15, 0.2) is 0 Å². The molecule has 0 saturated heterocycles. The summed E-state index contributed by atoms with van der Waals surface area (Å²) in [4.78, 5) is 0. The summed E-state index contributed by atoms with van der Waals surface area (Å²) in [7, 11) is 3.73. The Balaban J connectivity index is 2.24. The average molecular weight is 269 g/mol. The minimum Gasteiger partial charge on any atom is -0.496 e. The molecule has 0 aliphatic carbocycles. The van der Waals surface area contributed by atoms with E-state index < -0.39 is 0 Å². The van der Waals surface area contributed by atoms with Crippen molar-refractivity contribution in [2.75, 3.05) is 14.2 Å². The minimum absolute atomic E-state index is 0.298. The molecule has 0 heterocycles. The van der Waals surface area contributed by atoms with E-state index in [1.165, 1.54) is 22.3 Å². The molecule has 0 aliphatic rings. The largest absolute Gasteiger partial charge is 0.496 e. The summed E-state index contributed by atoms with van der Waals surface area (Å²) in [5, 5.41) is 3.40. The van der Waals surface area contributed by atoms with Gasteiger partial charge in [-0.2, -0.15) is 0 Å². The molecule has 1 N–H and O–H groups in total. The fourth-order valence-electron chi connectivity index (χ4n) is 2.51. The molecular weight excluding hydrogens is 246 g/mol. The first kappa shape index (κ1) is 14.6. The molecule has 0 bridgehead atoms. The summed E-state index contributed by atoms with van der Waals surface area (Å²) in [5.74, 6) is 0.951. The number of rotatable bonds is 5. The van der Waals surface area contributed by atoms with Gasteiger partial charge in [0.1, 0.15) is 5.75 Å². The lowest BCUT2D eigenvalue weighted by Crippen LogP contribution is -2.19. The van der Waals surface area contributed by atoms with Crippen molar-refractivity contribution in [2.45, 2.75) is 26.3 Å². The number of hydrogen-bond acceptors (Lipinski definition) is 2. The molecule has 20 heavy (non-hydrogen) atoms. The third-order valence-corrected chi connectivity index (χ3v) is 3.71. The van der Waals surface area contributed by atoms with Crippen LogP contribution in [0.15, 0.2) is 42.5 Å². The van der Waals surface area contributed by atoms with Gasteiger partial charge in [0, 0.05) is 6.04 Å². The van der Waals surface area contributed by atoms with E-state index in [9.17, 15) is 0 Å². The number of benzene rings is 2. The molecule has 0 spiro atoms. The lowest BCUT2D eigenvalue weighted by molar-refractivity contribution is 0.410. The highest BCUT2D eigenvalue weighted by Crippen LogP contribution is 2.25. The van der Waals surface area contributed by atoms with Crippen LogP contribution in [0.2, 0.25) is 0 Å². The van der Waals surface area contributed by atoms with Crippen molar-refractivity contribution in [1.29, 1.82) is 0 Å². The summed E-state index contributed by atoms with van der Waals surface area (Å²) in [6, 6.07) is 15.4. The predicted molar refractivity (Wildman–Crippen MR) is 84.4 cm³/mol. The highest BCUT2D eigenvalue weighted by atomic mass is 16.5. The summed E-state index contributed by atoms with van der Waals surface area (Å²) in [6.45, 7) is 4.20. The maximum atomic E-state index is 5.42. The molecule has 2 aromatic carbocycles. The maximum absolute atomic E-state index is 5.42. The van der Waals surface area contributed by atoms with Crippen molar-refractivity contribution in [1.82, 2.24) is 5.32 Å². The SMILES string of the molecule is CNC(Cc1cccc(C)c1)c1ccc(C)c(OC)c1. The normalized spacial score (nSPS) is 12.2. The van der Waals surface area contributed by atoms with Crippen molar-refractivity contribution in [3.63, 3.8) is 0 Å². The van der Waals surface area contributed by atoms with E-state index in [1.54, 1.807) is 7.11 Å². The number of methoxy groups -OCH3 is 1. The number of aryl methyl sites for hydroxylation is 2. The first-order valence-electron chi connectivity index (χ1n) is 7.01. The Labute approximate surface area is 121 Å². The van der Waals surface area contributed by atoms with Crippen LogP contribution < -0.4 is 10.1 Å². The molecule has 0 fully saturated rings. The van der Waals surface area contributed by atoms with Crippen molar-refractivity contribution in [3.8, 4) is 5.75 Å². The molecular formula is C18H23NO. The number of nitrogens with one attached hydrogen (secondary N) is 1. The fourth-order valence-corrected chi connectivity index (χ4v) is 2.51. The highest BCUT2D eigenvalue weighted by molar-refractivity contribution is 5.38. The van der Waals surface area contributed by atoms with Gasteiger partial charge < -0.3 is 10.1 Å². The van der Waals surface area contributed by atoms with Crippen LogP contribution in [0.1, 0.15) is 28.3 Å². The molecule has 0 saturated carbocycles. The summed E-state index contributed by atoms with van der Waals surface area (Å²) >= 11 is 0. The van der Waals surface area contributed by atoms with E-state index in [1.807, 2.05) is 7.05 Å². The van der Waals surface area contributed by atoms with E-state index >= 15 is 0 Å². The van der Waals surface area contributed by atoms with Crippen molar-refractivity contribution < 1.29 is 4.74 Å². The smallest absolute Gasteiger partial charge is 0.122 e. The van der Waals surface area contributed by atoms with E-state index in [0.717, 1.165) is 12.2 Å². The van der Waals surface area contributed by atoms with Gasteiger partial charge in [0.05, 0.1) is 7.11 Å². The molecule has 0 amide bonds. The predicted octanol–water partition coefficient (Wildman–Crippen LogP) is 3.82. The van der Waals surface area contributed by atoms with Gasteiger partial charge in [-0.1, -0.05) is 42.0 Å². The van der Waals surface area contributed by atoms with Gasteiger partial charge in [0.25, 0.3) is 0 Å². The molecule has 2 aromatic rings. The standard InChI is InChI=1S/C18H23NO/c1-13-6-5-7-15(10-13)11-17(19-3)16-9-8-14(2)18(12-16)20-4/h5-10,12,17,19H,11H2,1-4H3. The van der Waals surface area contributed by atoms with Crippen LogP contribution in [-0.2, 0) is 6.42 Å². The van der Waals surface area contributed by atoms with Crippen LogP contribution in [0, 0.1) is 13.8 Å². The Morgan fingerprint density at radius 3 is 2.55 bits per heavy atom. The van der Waals surface area contributed by atoms with E-state index in [4.69, 9.17) is 4.74 Å². The van der Waals surface area contributed by atoms with Gasteiger partial charge in [-0.15, -0.1) is 0 Å². The number of hydrogen-bond donors (Lipinski definition) is 1. The Hall–Kier alpha value is -1.80. The minimum atomic E-state index is 0.298. The first-order valence-corrected chi connectivity index (χ1v) is 7.01. The van der Waals surface area contributed by atoms with Gasteiger partial charge in [-0.25, -0.2) is 0 Å². The van der Waals surface area contributed by atoms with Crippen LogP contribution in [0.4, 0.5) is 0 Å².